The Hall–Kier alpha value is -0.520. The molecule has 0 aromatic heterocycles. The second-order valence-corrected chi connectivity index (χ2v) is 6.32. The summed E-state index contributed by atoms with van der Waals surface area (Å²) in [4.78, 5) is 0. The van der Waals surface area contributed by atoms with Crippen LogP contribution in [0.2, 0.25) is 0 Å². The monoisotopic (exact) mass is 237 g/mol. The first kappa shape index (κ1) is 14.5. The van der Waals surface area contributed by atoms with Gasteiger partial charge >= 0.3 is 0 Å². The second kappa shape index (κ2) is 6.42. The molecule has 0 aromatic rings. The number of nitrogens with two attached hydrogens (primary N) is 1. The molecule has 98 valence electrons. The van der Waals surface area contributed by atoms with Gasteiger partial charge in [-0.2, -0.15) is 0 Å². The van der Waals surface area contributed by atoms with E-state index in [9.17, 15) is 0 Å². The van der Waals surface area contributed by atoms with Crippen molar-refractivity contribution >= 4 is 0 Å². The molecule has 1 saturated carbocycles. The van der Waals surface area contributed by atoms with Gasteiger partial charge in [0.25, 0.3) is 0 Å². The van der Waals surface area contributed by atoms with E-state index in [0.717, 1.165) is 12.8 Å². The number of hydrogen-bond acceptors (Lipinski definition) is 2. The predicted molar refractivity (Wildman–Crippen MR) is 72.7 cm³/mol. The summed E-state index contributed by atoms with van der Waals surface area (Å²) in [5, 5.41) is 0. The fourth-order valence-electron chi connectivity index (χ4n) is 2.18. The van der Waals surface area contributed by atoms with E-state index in [0.29, 0.717) is 13.2 Å². The summed E-state index contributed by atoms with van der Waals surface area (Å²) < 4.78 is 5.63. The Kier molecular flexibility index (Phi) is 5.49. The van der Waals surface area contributed by atoms with Crippen LogP contribution >= 0.6 is 0 Å². The van der Waals surface area contributed by atoms with Crippen LogP contribution in [-0.2, 0) is 4.74 Å². The van der Waals surface area contributed by atoms with Crippen molar-refractivity contribution in [2.75, 3.05) is 13.2 Å². The third-order valence-corrected chi connectivity index (χ3v) is 3.13. The van der Waals surface area contributed by atoms with Crippen molar-refractivity contribution in [1.29, 1.82) is 0 Å². The molecule has 0 unspecified atom stereocenters. The lowest BCUT2D eigenvalue weighted by atomic mass is 9.93. The van der Waals surface area contributed by atoms with Gasteiger partial charge in [-0.3, -0.25) is 0 Å². The van der Waals surface area contributed by atoms with Crippen molar-refractivity contribution < 1.29 is 4.74 Å². The maximum Gasteiger partial charge on any atom is 0.107 e. The lowest BCUT2D eigenvalue weighted by Crippen LogP contribution is -2.44. The molecule has 0 radical (unpaired) electrons. The maximum atomic E-state index is 6.35. The van der Waals surface area contributed by atoms with Gasteiger partial charge in [0.1, 0.15) is 6.61 Å². The Bertz CT molecular complexity index is 272. The average molecular weight is 237 g/mol. The van der Waals surface area contributed by atoms with E-state index in [2.05, 4.69) is 32.6 Å². The van der Waals surface area contributed by atoms with Gasteiger partial charge in [-0.1, -0.05) is 37.5 Å². The first-order valence-electron chi connectivity index (χ1n) is 6.78. The van der Waals surface area contributed by atoms with Gasteiger partial charge in [-0.25, -0.2) is 0 Å². The Labute approximate surface area is 106 Å². The molecule has 0 saturated heterocycles. The molecule has 1 rings (SSSR count). The van der Waals surface area contributed by atoms with Crippen molar-refractivity contribution in [3.05, 3.63) is 0 Å². The summed E-state index contributed by atoms with van der Waals surface area (Å²) in [5.41, 5.74) is 6.32. The molecule has 1 aliphatic carbocycles. The zero-order valence-electron chi connectivity index (χ0n) is 11.6. The van der Waals surface area contributed by atoms with Crippen molar-refractivity contribution in [2.45, 2.75) is 64.8 Å². The van der Waals surface area contributed by atoms with E-state index >= 15 is 0 Å². The molecule has 0 aromatic carbocycles. The summed E-state index contributed by atoms with van der Waals surface area (Å²) in [7, 11) is 0. The zero-order valence-corrected chi connectivity index (χ0v) is 11.6. The van der Waals surface area contributed by atoms with E-state index in [1.807, 2.05) is 0 Å². The van der Waals surface area contributed by atoms with Crippen molar-refractivity contribution in [2.24, 2.45) is 11.1 Å². The topological polar surface area (TPSA) is 35.2 Å². The first-order chi connectivity index (χ1) is 7.91. The lowest BCUT2D eigenvalue weighted by molar-refractivity contribution is 0.101. The molecule has 2 N–H and O–H groups in total. The van der Waals surface area contributed by atoms with Gasteiger partial charge in [-0.05, 0) is 33.6 Å². The molecular weight excluding hydrogens is 210 g/mol. The highest BCUT2D eigenvalue weighted by molar-refractivity contribution is 5.07. The molecule has 0 heterocycles. The van der Waals surface area contributed by atoms with Gasteiger partial charge in [-0.15, -0.1) is 0 Å². The van der Waals surface area contributed by atoms with Crippen LogP contribution in [0.1, 0.15) is 59.3 Å². The Morgan fingerprint density at radius 1 is 1.12 bits per heavy atom. The second-order valence-electron chi connectivity index (χ2n) is 6.32. The first-order valence-corrected chi connectivity index (χ1v) is 6.78. The molecule has 0 aliphatic heterocycles. The molecule has 0 spiro atoms. The molecule has 2 nitrogen and oxygen atoms in total. The van der Waals surface area contributed by atoms with Crippen LogP contribution in [0.4, 0.5) is 0 Å². The molecule has 1 aliphatic rings. The average Bonchev–Trinajstić information content (AvgIpc) is 2.41. The van der Waals surface area contributed by atoms with Crippen LogP contribution in [0.25, 0.3) is 0 Å². The minimum Gasteiger partial charge on any atom is -0.367 e. The Morgan fingerprint density at radius 2 is 1.71 bits per heavy atom. The third-order valence-electron chi connectivity index (χ3n) is 3.13. The van der Waals surface area contributed by atoms with Gasteiger partial charge in [0.2, 0.25) is 0 Å². The van der Waals surface area contributed by atoms with Gasteiger partial charge < -0.3 is 10.5 Å². The van der Waals surface area contributed by atoms with Crippen LogP contribution in [0.5, 0.6) is 0 Å². The van der Waals surface area contributed by atoms with Crippen molar-refractivity contribution in [3.8, 4) is 11.8 Å². The fraction of sp³-hybridized carbons (Fsp3) is 0.867. The lowest BCUT2D eigenvalue weighted by Gasteiger charge is -2.27. The number of rotatable bonds is 3. The Balaban J connectivity index is 2.26. The predicted octanol–water partition coefficient (Wildman–Crippen LogP) is 3.10. The van der Waals surface area contributed by atoms with Crippen molar-refractivity contribution in [3.63, 3.8) is 0 Å². The van der Waals surface area contributed by atoms with Crippen LogP contribution in [-0.4, -0.2) is 18.8 Å². The van der Waals surface area contributed by atoms with Crippen LogP contribution in [0, 0.1) is 17.3 Å². The van der Waals surface area contributed by atoms with Crippen LogP contribution in [0.3, 0.4) is 0 Å². The highest BCUT2D eigenvalue weighted by atomic mass is 16.5. The van der Waals surface area contributed by atoms with E-state index in [4.69, 9.17) is 10.5 Å². The molecule has 0 atom stereocenters. The standard InChI is InChI=1S/C15H27NO/c1-14(2,3)9-8-12-17-13-15(16)10-6-4-5-7-11-15/h4-7,10-13,16H2,1-3H3. The number of ether oxygens (including phenoxy) is 1. The zero-order chi connectivity index (χ0) is 12.8. The third kappa shape index (κ3) is 6.71. The molecule has 17 heavy (non-hydrogen) atoms. The van der Waals surface area contributed by atoms with E-state index in [1.54, 1.807) is 0 Å². The minimum absolute atomic E-state index is 0.0616. The van der Waals surface area contributed by atoms with Gasteiger partial charge in [0.15, 0.2) is 0 Å². The molecular formula is C15H27NO. The summed E-state index contributed by atoms with van der Waals surface area (Å²) in [6.07, 6.45) is 7.33. The smallest absolute Gasteiger partial charge is 0.107 e. The summed E-state index contributed by atoms with van der Waals surface area (Å²) in [6.45, 7) is 7.49. The molecule has 1 fully saturated rings. The summed E-state index contributed by atoms with van der Waals surface area (Å²) >= 11 is 0. The normalized spacial score (nSPS) is 20.2. The SMILES string of the molecule is CC(C)(C)C#CCOCC1(N)CCCCCC1. The van der Waals surface area contributed by atoms with Crippen LogP contribution in [0.15, 0.2) is 0 Å². The summed E-state index contributed by atoms with van der Waals surface area (Å²) in [6, 6.07) is 0. The molecule has 0 amide bonds. The quantitative estimate of drug-likeness (QED) is 0.465. The van der Waals surface area contributed by atoms with E-state index in [1.165, 1.54) is 25.7 Å². The van der Waals surface area contributed by atoms with Gasteiger partial charge in [0, 0.05) is 11.0 Å². The van der Waals surface area contributed by atoms with E-state index in [-0.39, 0.29) is 11.0 Å². The van der Waals surface area contributed by atoms with Crippen molar-refractivity contribution in [1.82, 2.24) is 0 Å². The maximum absolute atomic E-state index is 6.35. The molecule has 0 bridgehead atoms. The fourth-order valence-corrected chi connectivity index (χ4v) is 2.18. The largest absolute Gasteiger partial charge is 0.367 e. The van der Waals surface area contributed by atoms with E-state index < -0.39 is 0 Å². The Morgan fingerprint density at radius 3 is 2.24 bits per heavy atom. The van der Waals surface area contributed by atoms with Crippen LogP contribution < -0.4 is 5.73 Å². The highest BCUT2D eigenvalue weighted by Gasteiger charge is 2.26. The highest BCUT2D eigenvalue weighted by Crippen LogP contribution is 2.25. The summed E-state index contributed by atoms with van der Waals surface area (Å²) in [5.74, 6) is 6.24. The minimum atomic E-state index is -0.0973. The molecule has 2 heteroatoms. The number of hydrogen-bond donors (Lipinski definition) is 1. The van der Waals surface area contributed by atoms with Gasteiger partial charge in [0.05, 0.1) is 6.61 Å².